The summed E-state index contributed by atoms with van der Waals surface area (Å²) in [6.45, 7) is 24.5. The number of fused-ring (bicyclic) bond motifs is 10. The molecular weight excluding hydrogens is 780 g/mol. The Hall–Kier alpha value is -5.58. The first kappa shape index (κ1) is 39.0. The van der Waals surface area contributed by atoms with E-state index in [1.807, 2.05) is 11.3 Å². The lowest BCUT2D eigenvalue weighted by Crippen LogP contribution is -2.61. The largest absolute Gasteiger partial charge is 0.311 e. The summed E-state index contributed by atoms with van der Waals surface area (Å²) < 4.78 is 2.67. The standard InChI is InChI=1S/C59H57BN2S/c1-35-18-14-16-22-46(35)62-50-30-38(37-19-12-11-13-20-37)29-49-54(50)60(44-24-25-52-53(55(44)62)39-21-15-17-23-51(39)63-52)45-31-41-43(59(9,10)34-58(41,7)8)33-48(45)61(49)47-32-42-40(28-36(47)2)56(3,4)26-27-57(42,5)6/h11-25,28-33H,26-27,34H2,1-10H3. The van der Waals surface area contributed by atoms with E-state index in [0.29, 0.717) is 0 Å². The minimum atomic E-state index is 0.0301. The molecule has 12 rings (SSSR count). The summed E-state index contributed by atoms with van der Waals surface area (Å²) in [5.74, 6) is 0. The van der Waals surface area contributed by atoms with Gasteiger partial charge in [0.15, 0.2) is 0 Å². The molecule has 4 aliphatic rings. The molecule has 63 heavy (non-hydrogen) atoms. The van der Waals surface area contributed by atoms with Crippen LogP contribution in [-0.2, 0) is 21.7 Å². The van der Waals surface area contributed by atoms with Gasteiger partial charge in [-0.15, -0.1) is 11.3 Å². The third-order valence-electron chi connectivity index (χ3n) is 15.9. The van der Waals surface area contributed by atoms with Crippen molar-refractivity contribution in [3.63, 3.8) is 0 Å². The molecule has 0 saturated heterocycles. The molecule has 0 amide bonds. The molecule has 0 radical (unpaired) electrons. The highest BCUT2D eigenvalue weighted by molar-refractivity contribution is 7.26. The molecule has 0 spiro atoms. The minimum Gasteiger partial charge on any atom is -0.311 e. The van der Waals surface area contributed by atoms with Gasteiger partial charge in [-0.3, -0.25) is 0 Å². The Labute approximate surface area is 378 Å². The van der Waals surface area contributed by atoms with Crippen LogP contribution >= 0.6 is 11.3 Å². The molecule has 4 heteroatoms. The second-order valence-corrected chi connectivity index (χ2v) is 23.1. The number of rotatable bonds is 3. The topological polar surface area (TPSA) is 6.48 Å². The molecule has 312 valence electrons. The Morgan fingerprint density at radius 2 is 1.06 bits per heavy atom. The first-order valence-electron chi connectivity index (χ1n) is 23.2. The first-order valence-corrected chi connectivity index (χ1v) is 24.0. The van der Waals surface area contributed by atoms with Crippen molar-refractivity contribution in [2.75, 3.05) is 9.80 Å². The molecule has 3 heterocycles. The highest BCUT2D eigenvalue weighted by Crippen LogP contribution is 2.56. The van der Waals surface area contributed by atoms with Gasteiger partial charge in [0.05, 0.1) is 5.69 Å². The zero-order valence-corrected chi connectivity index (χ0v) is 39.4. The Kier molecular flexibility index (Phi) is 8.06. The van der Waals surface area contributed by atoms with E-state index in [4.69, 9.17) is 0 Å². The van der Waals surface area contributed by atoms with Crippen LogP contribution in [0.4, 0.5) is 34.1 Å². The Bertz CT molecular complexity index is 3260. The van der Waals surface area contributed by atoms with Crippen LogP contribution in [0.1, 0.15) is 108 Å². The number of nitrogens with zero attached hydrogens (tertiary/aromatic N) is 2. The van der Waals surface area contributed by atoms with Gasteiger partial charge in [0.2, 0.25) is 0 Å². The Balaban J connectivity index is 1.27. The fourth-order valence-corrected chi connectivity index (χ4v) is 13.9. The van der Waals surface area contributed by atoms with Crippen molar-refractivity contribution < 1.29 is 0 Å². The lowest BCUT2D eigenvalue weighted by Gasteiger charge is -2.47. The lowest BCUT2D eigenvalue weighted by molar-refractivity contribution is 0.332. The molecule has 2 aliphatic heterocycles. The summed E-state index contributed by atoms with van der Waals surface area (Å²) in [4.78, 5) is 5.40. The van der Waals surface area contributed by atoms with E-state index in [1.54, 1.807) is 0 Å². The number of benzene rings is 7. The number of anilines is 6. The summed E-state index contributed by atoms with van der Waals surface area (Å²) in [7, 11) is 0. The average Bonchev–Trinajstić information content (AvgIpc) is 3.72. The van der Waals surface area contributed by atoms with Crippen molar-refractivity contribution in [1.82, 2.24) is 0 Å². The van der Waals surface area contributed by atoms with Gasteiger partial charge in [0.1, 0.15) is 0 Å². The summed E-state index contributed by atoms with van der Waals surface area (Å²) in [5.41, 5.74) is 23.3. The molecule has 0 atom stereocenters. The van der Waals surface area contributed by atoms with E-state index in [2.05, 4.69) is 206 Å². The van der Waals surface area contributed by atoms with Gasteiger partial charge in [-0.25, -0.2) is 0 Å². The zero-order chi connectivity index (χ0) is 43.5. The van der Waals surface area contributed by atoms with E-state index in [1.165, 1.54) is 128 Å². The molecule has 0 unspecified atom stereocenters. The molecule has 0 saturated carbocycles. The number of para-hydroxylation sites is 1. The van der Waals surface area contributed by atoms with Gasteiger partial charge < -0.3 is 9.80 Å². The number of thiophene rings is 1. The van der Waals surface area contributed by atoms with Gasteiger partial charge >= 0.3 is 0 Å². The first-order chi connectivity index (χ1) is 30.0. The van der Waals surface area contributed by atoms with E-state index in [-0.39, 0.29) is 28.4 Å². The molecule has 0 bridgehead atoms. The second-order valence-electron chi connectivity index (χ2n) is 22.0. The molecule has 1 aromatic heterocycles. The molecule has 0 fully saturated rings. The highest BCUT2D eigenvalue weighted by atomic mass is 32.1. The minimum absolute atomic E-state index is 0.0301. The van der Waals surface area contributed by atoms with Crippen LogP contribution in [0.15, 0.2) is 127 Å². The molecule has 2 nitrogen and oxygen atoms in total. The fraction of sp³-hybridized carbons (Fsp3) is 0.288. The quantitative estimate of drug-likeness (QED) is 0.164. The van der Waals surface area contributed by atoms with Crippen molar-refractivity contribution in [3.05, 3.63) is 161 Å². The maximum atomic E-state index is 2.73. The Morgan fingerprint density at radius 3 is 1.79 bits per heavy atom. The van der Waals surface area contributed by atoms with Crippen molar-refractivity contribution in [2.24, 2.45) is 0 Å². The van der Waals surface area contributed by atoms with E-state index < -0.39 is 0 Å². The molecule has 8 aromatic rings. The van der Waals surface area contributed by atoms with E-state index in [0.717, 1.165) is 6.42 Å². The third kappa shape index (κ3) is 5.49. The van der Waals surface area contributed by atoms with Gasteiger partial charge in [0.25, 0.3) is 6.71 Å². The highest BCUT2D eigenvalue weighted by Gasteiger charge is 2.49. The number of hydrogen-bond acceptors (Lipinski definition) is 3. The van der Waals surface area contributed by atoms with Gasteiger partial charge in [-0.1, -0.05) is 140 Å². The predicted molar refractivity (Wildman–Crippen MR) is 274 cm³/mol. The second kappa shape index (κ2) is 13.0. The SMILES string of the molecule is Cc1cc2c(cc1N1c3cc4c(cc3B3c5ccc6sc7ccccc7c6c5N(c5ccccc5C)c5cc(-c6ccccc6)cc1c53)C(C)(C)CC4(C)C)C(C)(C)CCC2(C)C. The van der Waals surface area contributed by atoms with Gasteiger partial charge in [-0.05, 0) is 158 Å². The normalized spacial score (nSPS) is 18.2. The molecule has 0 N–H and O–H groups in total. The maximum Gasteiger partial charge on any atom is 0.252 e. The third-order valence-corrected chi connectivity index (χ3v) is 17.1. The van der Waals surface area contributed by atoms with Crippen molar-refractivity contribution >= 4 is 88.7 Å². The Morgan fingerprint density at radius 1 is 0.460 bits per heavy atom. The summed E-state index contributed by atoms with van der Waals surface area (Å²) in [6.07, 6.45) is 3.50. The van der Waals surface area contributed by atoms with Crippen LogP contribution in [0.2, 0.25) is 0 Å². The smallest absolute Gasteiger partial charge is 0.252 e. The van der Waals surface area contributed by atoms with Crippen molar-refractivity contribution in [2.45, 2.75) is 110 Å². The summed E-state index contributed by atoms with van der Waals surface area (Å²) >= 11 is 1.92. The van der Waals surface area contributed by atoms with Crippen molar-refractivity contribution in [3.8, 4) is 11.1 Å². The molecule has 2 aliphatic carbocycles. The van der Waals surface area contributed by atoms with Crippen molar-refractivity contribution in [1.29, 1.82) is 0 Å². The van der Waals surface area contributed by atoms with Crippen LogP contribution in [0.25, 0.3) is 31.3 Å². The lowest BCUT2D eigenvalue weighted by atomic mass is 9.33. The van der Waals surface area contributed by atoms with Gasteiger partial charge in [-0.2, -0.15) is 0 Å². The van der Waals surface area contributed by atoms with Crippen LogP contribution in [-0.4, -0.2) is 6.71 Å². The molecule has 7 aromatic carbocycles. The maximum absolute atomic E-state index is 2.73. The van der Waals surface area contributed by atoms with Crippen LogP contribution in [0.3, 0.4) is 0 Å². The number of aryl methyl sites for hydroxylation is 2. The average molecular weight is 837 g/mol. The van der Waals surface area contributed by atoms with Crippen LogP contribution in [0, 0.1) is 13.8 Å². The summed E-state index contributed by atoms with van der Waals surface area (Å²) in [5, 5.41) is 2.69. The van der Waals surface area contributed by atoms with Crippen LogP contribution in [0.5, 0.6) is 0 Å². The predicted octanol–water partition coefficient (Wildman–Crippen LogP) is 14.7. The fourth-order valence-electron chi connectivity index (χ4n) is 12.8. The van der Waals surface area contributed by atoms with Crippen LogP contribution < -0.4 is 26.2 Å². The van der Waals surface area contributed by atoms with Gasteiger partial charge in [0, 0.05) is 48.6 Å². The molecular formula is C59H57BN2S. The van der Waals surface area contributed by atoms with E-state index >= 15 is 0 Å². The number of hydrogen-bond donors (Lipinski definition) is 0. The zero-order valence-electron chi connectivity index (χ0n) is 38.6. The summed E-state index contributed by atoms with van der Waals surface area (Å²) in [6, 6.07) is 49.7. The monoisotopic (exact) mass is 836 g/mol. The van der Waals surface area contributed by atoms with E-state index in [9.17, 15) is 0 Å².